The van der Waals surface area contributed by atoms with Gasteiger partial charge in [-0.05, 0) is 61.3 Å². The van der Waals surface area contributed by atoms with E-state index in [4.69, 9.17) is 4.74 Å². The molecule has 2 N–H and O–H groups in total. The number of ether oxygens (including phenoxy) is 1. The van der Waals surface area contributed by atoms with E-state index >= 15 is 0 Å². The Morgan fingerprint density at radius 1 is 1.09 bits per heavy atom. The third kappa shape index (κ3) is 4.97. The highest BCUT2D eigenvalue weighted by molar-refractivity contribution is 5.93. The molecular weight excluding hydrogens is 444 g/mol. The summed E-state index contributed by atoms with van der Waals surface area (Å²) >= 11 is 0. The fourth-order valence-electron chi connectivity index (χ4n) is 4.61. The average molecular weight is 469 g/mol. The van der Waals surface area contributed by atoms with Gasteiger partial charge >= 0.3 is 0 Å². The molecule has 1 saturated heterocycles. The second-order valence-electron chi connectivity index (χ2n) is 8.76. The predicted octanol–water partition coefficient (Wildman–Crippen LogP) is 2.77. The van der Waals surface area contributed by atoms with E-state index in [1.165, 1.54) is 24.5 Å². The number of carbonyl (C=O) groups is 1. The van der Waals surface area contributed by atoms with Crippen LogP contribution in [0.25, 0.3) is 0 Å². The Labute approximate surface area is 194 Å². The van der Waals surface area contributed by atoms with Crippen LogP contribution >= 0.6 is 0 Å². The van der Waals surface area contributed by atoms with Crippen LogP contribution in [0.15, 0.2) is 30.7 Å². The van der Waals surface area contributed by atoms with Crippen molar-refractivity contribution < 1.29 is 18.3 Å². The van der Waals surface area contributed by atoms with Crippen molar-refractivity contribution in [3.8, 4) is 5.88 Å². The molecule has 5 rings (SSSR count). The van der Waals surface area contributed by atoms with Gasteiger partial charge in [0.25, 0.3) is 11.8 Å². The maximum Gasteiger partial charge on any atom is 0.256 e. The Balaban J connectivity index is 1.08. The molecule has 1 aliphatic carbocycles. The molecular formula is C23H25F2N7O2. The zero-order chi connectivity index (χ0) is 23.5. The van der Waals surface area contributed by atoms with Crippen molar-refractivity contribution in [3.05, 3.63) is 59.0 Å². The number of benzene rings is 1. The summed E-state index contributed by atoms with van der Waals surface area (Å²) in [7, 11) is 0. The molecule has 0 saturated carbocycles. The first kappa shape index (κ1) is 22.2. The molecule has 3 heterocycles. The van der Waals surface area contributed by atoms with Crippen LogP contribution in [0.5, 0.6) is 5.88 Å². The number of hydrogen-bond donors (Lipinski definition) is 2. The number of H-pyrrole nitrogens is 1. The highest BCUT2D eigenvalue weighted by Crippen LogP contribution is 2.26. The van der Waals surface area contributed by atoms with Crippen molar-refractivity contribution in [2.45, 2.75) is 38.1 Å². The largest absolute Gasteiger partial charge is 0.475 e. The normalized spacial score (nSPS) is 16.5. The molecule has 11 heteroatoms. The number of likely N-dealkylation sites (tertiary alicyclic amines) is 1. The van der Waals surface area contributed by atoms with Crippen molar-refractivity contribution in [2.75, 3.05) is 25.0 Å². The van der Waals surface area contributed by atoms with Gasteiger partial charge in [0.1, 0.15) is 6.20 Å². The molecule has 3 aromatic rings. The minimum absolute atomic E-state index is 0.0509. The number of anilines is 1. The monoisotopic (exact) mass is 469 g/mol. The third-order valence-electron chi connectivity index (χ3n) is 6.48. The highest BCUT2D eigenvalue weighted by atomic mass is 19.2. The van der Waals surface area contributed by atoms with E-state index in [1.807, 2.05) is 4.90 Å². The van der Waals surface area contributed by atoms with Gasteiger partial charge < -0.3 is 15.0 Å². The lowest BCUT2D eigenvalue weighted by Crippen LogP contribution is -2.38. The van der Waals surface area contributed by atoms with Gasteiger partial charge in [0, 0.05) is 31.5 Å². The first-order valence-corrected chi connectivity index (χ1v) is 11.4. The standard InChI is InChI=1S/C23H25F2N7O2/c24-19-9-15-7-18(8-16(15)10-20(19)25)29-23-26-11-17(12-27-23)22(33)32-4-1-14(2-5-32)3-6-34-21-13-28-31-30-21/h9-14,18H,1-8H2,(H,26,27,29)(H,28,30,31). The van der Waals surface area contributed by atoms with Gasteiger partial charge in [0.2, 0.25) is 5.95 Å². The second-order valence-corrected chi connectivity index (χ2v) is 8.76. The molecule has 178 valence electrons. The lowest BCUT2D eigenvalue weighted by atomic mass is 9.93. The maximum atomic E-state index is 13.5. The van der Waals surface area contributed by atoms with Gasteiger partial charge in [-0.2, -0.15) is 10.3 Å². The van der Waals surface area contributed by atoms with E-state index in [-0.39, 0.29) is 11.9 Å². The summed E-state index contributed by atoms with van der Waals surface area (Å²) in [6.45, 7) is 1.94. The fraction of sp³-hybridized carbons (Fsp3) is 0.435. The van der Waals surface area contributed by atoms with Crippen LogP contribution in [-0.4, -0.2) is 61.9 Å². The topological polar surface area (TPSA) is 109 Å². The SMILES string of the molecule is O=C(c1cnc(NC2Cc3cc(F)c(F)cc3C2)nc1)N1CCC(CCOc2cn[nH]n2)CC1. The molecule has 9 nitrogen and oxygen atoms in total. The summed E-state index contributed by atoms with van der Waals surface area (Å²) in [4.78, 5) is 23.3. The minimum atomic E-state index is -0.831. The highest BCUT2D eigenvalue weighted by Gasteiger charge is 2.26. The Kier molecular flexibility index (Phi) is 6.33. The zero-order valence-corrected chi connectivity index (χ0v) is 18.5. The van der Waals surface area contributed by atoms with Crippen LogP contribution in [0.1, 0.15) is 40.7 Å². The molecule has 1 fully saturated rings. The van der Waals surface area contributed by atoms with Crippen LogP contribution in [0.4, 0.5) is 14.7 Å². The van der Waals surface area contributed by atoms with Gasteiger partial charge in [-0.15, -0.1) is 5.10 Å². The molecule has 0 spiro atoms. The van der Waals surface area contributed by atoms with Crippen molar-refractivity contribution in [1.29, 1.82) is 0 Å². The van der Waals surface area contributed by atoms with Crippen molar-refractivity contribution in [2.24, 2.45) is 5.92 Å². The minimum Gasteiger partial charge on any atom is -0.475 e. The van der Waals surface area contributed by atoms with E-state index < -0.39 is 11.6 Å². The molecule has 0 radical (unpaired) electrons. The van der Waals surface area contributed by atoms with Crippen LogP contribution in [0.3, 0.4) is 0 Å². The van der Waals surface area contributed by atoms with E-state index in [0.717, 1.165) is 30.4 Å². The van der Waals surface area contributed by atoms with Crippen molar-refractivity contribution in [3.63, 3.8) is 0 Å². The number of aromatic amines is 1. The first-order valence-electron chi connectivity index (χ1n) is 11.4. The van der Waals surface area contributed by atoms with E-state index in [9.17, 15) is 13.6 Å². The first-order chi connectivity index (χ1) is 16.5. The number of aromatic nitrogens is 5. The Morgan fingerprint density at radius 2 is 1.76 bits per heavy atom. The maximum absolute atomic E-state index is 13.5. The summed E-state index contributed by atoms with van der Waals surface area (Å²) in [5.41, 5.74) is 2.02. The summed E-state index contributed by atoms with van der Waals surface area (Å²) in [5, 5.41) is 13.3. The van der Waals surface area contributed by atoms with Crippen LogP contribution < -0.4 is 10.1 Å². The van der Waals surface area contributed by atoms with E-state index in [2.05, 4.69) is 30.7 Å². The lowest BCUT2D eigenvalue weighted by Gasteiger charge is -2.31. The van der Waals surface area contributed by atoms with Gasteiger partial charge in [-0.3, -0.25) is 4.79 Å². The van der Waals surface area contributed by atoms with Crippen LogP contribution in [0.2, 0.25) is 0 Å². The number of nitrogens with one attached hydrogen (secondary N) is 2. The van der Waals surface area contributed by atoms with Gasteiger partial charge in [0.05, 0.1) is 12.2 Å². The number of piperidine rings is 1. The van der Waals surface area contributed by atoms with E-state index in [0.29, 0.717) is 55.8 Å². The van der Waals surface area contributed by atoms with Gasteiger partial charge in [-0.25, -0.2) is 18.7 Å². The smallest absolute Gasteiger partial charge is 0.256 e. The molecule has 1 aromatic carbocycles. The molecule has 1 aliphatic heterocycles. The van der Waals surface area contributed by atoms with Crippen LogP contribution in [0, 0.1) is 17.6 Å². The van der Waals surface area contributed by atoms with Crippen molar-refractivity contribution in [1.82, 2.24) is 30.3 Å². The number of carbonyl (C=O) groups excluding carboxylic acids is 1. The Hall–Kier alpha value is -3.63. The van der Waals surface area contributed by atoms with Crippen molar-refractivity contribution >= 4 is 11.9 Å². The summed E-state index contributed by atoms with van der Waals surface area (Å²) in [5.74, 6) is -0.365. The summed E-state index contributed by atoms with van der Waals surface area (Å²) in [6, 6.07) is 2.45. The lowest BCUT2D eigenvalue weighted by molar-refractivity contribution is 0.0679. The Bertz CT molecular complexity index is 1100. The number of amides is 1. The van der Waals surface area contributed by atoms with Gasteiger partial charge in [-0.1, -0.05) is 0 Å². The molecule has 2 aliphatic rings. The number of fused-ring (bicyclic) bond motifs is 1. The van der Waals surface area contributed by atoms with Gasteiger partial charge in [0.15, 0.2) is 11.6 Å². The quantitative estimate of drug-likeness (QED) is 0.548. The molecule has 1 amide bonds. The molecule has 2 aromatic heterocycles. The number of hydrogen-bond acceptors (Lipinski definition) is 7. The van der Waals surface area contributed by atoms with E-state index in [1.54, 1.807) is 6.20 Å². The molecule has 0 bridgehead atoms. The predicted molar refractivity (Wildman–Crippen MR) is 118 cm³/mol. The number of halogens is 2. The molecule has 0 unspecified atom stereocenters. The second kappa shape index (κ2) is 9.70. The average Bonchev–Trinajstić information content (AvgIpc) is 3.49. The molecule has 34 heavy (non-hydrogen) atoms. The Morgan fingerprint density at radius 3 is 2.38 bits per heavy atom. The third-order valence-corrected chi connectivity index (χ3v) is 6.48. The summed E-state index contributed by atoms with van der Waals surface area (Å²) in [6.07, 6.45) is 8.45. The summed E-state index contributed by atoms with van der Waals surface area (Å²) < 4.78 is 32.5. The number of nitrogens with zero attached hydrogens (tertiary/aromatic N) is 5. The fourth-order valence-corrected chi connectivity index (χ4v) is 4.61. The number of rotatable bonds is 7. The zero-order valence-electron chi connectivity index (χ0n) is 18.5. The molecule has 0 atom stereocenters. The van der Waals surface area contributed by atoms with Crippen LogP contribution in [-0.2, 0) is 12.8 Å².